The van der Waals surface area contributed by atoms with Gasteiger partial charge in [0.2, 0.25) is 5.91 Å². The van der Waals surface area contributed by atoms with Crippen molar-refractivity contribution in [3.05, 3.63) is 59.9 Å². The lowest BCUT2D eigenvalue weighted by atomic mass is 10.2. The van der Waals surface area contributed by atoms with Crippen molar-refractivity contribution >= 4 is 23.5 Å². The Kier molecular flexibility index (Phi) is 8.67. The molecule has 0 atom stereocenters. The molecule has 2 rings (SSSR count). The van der Waals surface area contributed by atoms with Gasteiger partial charge in [0.05, 0.1) is 18.8 Å². The summed E-state index contributed by atoms with van der Waals surface area (Å²) in [5, 5.41) is 4.14. The van der Waals surface area contributed by atoms with E-state index in [1.54, 1.807) is 12.1 Å². The third kappa shape index (κ3) is 7.46. The number of nitrogens with one attached hydrogen (secondary N) is 2. The molecule has 0 aliphatic carbocycles. The van der Waals surface area contributed by atoms with E-state index in [1.165, 1.54) is 0 Å². The van der Waals surface area contributed by atoms with Crippen molar-refractivity contribution in [2.45, 2.75) is 12.8 Å². The molecule has 7 nitrogen and oxygen atoms in total. The molecule has 0 spiro atoms. The maximum absolute atomic E-state index is 13.5. The molecule has 0 aromatic heterocycles. The molecule has 0 bridgehead atoms. The second-order valence-electron chi connectivity index (χ2n) is 5.97. The minimum absolute atomic E-state index is 0.0377. The number of rotatable bonds is 10. The summed E-state index contributed by atoms with van der Waals surface area (Å²) in [5.41, 5.74) is -0.572. The fraction of sp³-hybridized carbons (Fsp3) is 0.250. The predicted octanol–water partition coefficient (Wildman–Crippen LogP) is 2.56. The summed E-state index contributed by atoms with van der Waals surface area (Å²) >= 11 is 0. The number of carbonyl (C=O) groups excluding carboxylic acids is 3. The molecule has 30 heavy (non-hydrogen) atoms. The molecule has 0 aliphatic rings. The molecule has 160 valence electrons. The van der Waals surface area contributed by atoms with Crippen LogP contribution in [0.15, 0.2) is 42.5 Å². The van der Waals surface area contributed by atoms with Crippen LogP contribution in [0.2, 0.25) is 0 Å². The highest BCUT2D eigenvalue weighted by molar-refractivity contribution is 5.94. The Morgan fingerprint density at radius 1 is 0.900 bits per heavy atom. The van der Waals surface area contributed by atoms with Crippen molar-refractivity contribution < 1.29 is 37.0 Å². The van der Waals surface area contributed by atoms with Gasteiger partial charge in [0.15, 0.2) is 24.1 Å². The summed E-state index contributed by atoms with van der Waals surface area (Å²) in [5.74, 6) is -6.26. The molecule has 0 fully saturated rings. The molecule has 2 amide bonds. The van der Waals surface area contributed by atoms with E-state index in [2.05, 4.69) is 5.32 Å². The van der Waals surface area contributed by atoms with Crippen LogP contribution in [-0.4, -0.2) is 37.5 Å². The molecule has 10 heteroatoms. The van der Waals surface area contributed by atoms with Crippen LogP contribution in [0, 0.1) is 17.5 Å². The van der Waals surface area contributed by atoms with Crippen LogP contribution in [0.5, 0.6) is 5.75 Å². The Balaban J connectivity index is 1.60. The van der Waals surface area contributed by atoms with E-state index in [0.717, 1.165) is 6.07 Å². The molecule has 2 aromatic rings. The first-order valence-corrected chi connectivity index (χ1v) is 8.90. The van der Waals surface area contributed by atoms with Gasteiger partial charge in [0.1, 0.15) is 5.75 Å². The lowest BCUT2D eigenvalue weighted by Gasteiger charge is -2.09. The third-order valence-electron chi connectivity index (χ3n) is 3.66. The zero-order valence-corrected chi connectivity index (χ0v) is 15.8. The third-order valence-corrected chi connectivity index (χ3v) is 3.66. The van der Waals surface area contributed by atoms with E-state index in [4.69, 9.17) is 9.47 Å². The molecule has 0 aliphatic heterocycles. The Hall–Kier alpha value is -3.56. The zero-order chi connectivity index (χ0) is 21.9. The highest BCUT2D eigenvalue weighted by Crippen LogP contribution is 2.19. The molecule has 0 heterocycles. The Bertz CT molecular complexity index is 894. The average Bonchev–Trinajstić information content (AvgIpc) is 2.75. The first-order chi connectivity index (χ1) is 14.4. The monoisotopic (exact) mass is 424 g/mol. The van der Waals surface area contributed by atoms with Crippen LogP contribution in [0.4, 0.5) is 18.9 Å². The predicted molar refractivity (Wildman–Crippen MR) is 100 cm³/mol. The summed E-state index contributed by atoms with van der Waals surface area (Å²) in [6, 6.07) is 10.5. The van der Waals surface area contributed by atoms with Crippen molar-refractivity contribution in [1.82, 2.24) is 5.32 Å². The first-order valence-electron chi connectivity index (χ1n) is 8.90. The molecule has 0 radical (unpaired) electrons. The number of anilines is 1. The van der Waals surface area contributed by atoms with E-state index in [0.29, 0.717) is 24.8 Å². The molecule has 2 N–H and O–H groups in total. The summed E-state index contributed by atoms with van der Waals surface area (Å²) in [6.45, 7) is -0.892. The van der Waals surface area contributed by atoms with Crippen molar-refractivity contribution in [2.24, 2.45) is 0 Å². The van der Waals surface area contributed by atoms with E-state index in [9.17, 15) is 27.6 Å². The van der Waals surface area contributed by atoms with E-state index < -0.39 is 54.1 Å². The first kappa shape index (κ1) is 22.7. The Morgan fingerprint density at radius 3 is 2.37 bits per heavy atom. The van der Waals surface area contributed by atoms with Gasteiger partial charge < -0.3 is 20.1 Å². The normalized spacial score (nSPS) is 10.2. The Labute approximate surface area is 170 Å². The summed E-state index contributed by atoms with van der Waals surface area (Å²) < 4.78 is 49.6. The van der Waals surface area contributed by atoms with Gasteiger partial charge in [0.25, 0.3) is 5.91 Å². The topological polar surface area (TPSA) is 93.7 Å². The summed E-state index contributed by atoms with van der Waals surface area (Å²) in [6.07, 6.45) is 0.424. The minimum atomic E-state index is -1.72. The number of esters is 1. The lowest BCUT2D eigenvalue weighted by Crippen LogP contribution is -2.35. The molecule has 0 unspecified atom stereocenters. The quantitative estimate of drug-likeness (QED) is 0.347. The van der Waals surface area contributed by atoms with Crippen LogP contribution >= 0.6 is 0 Å². The van der Waals surface area contributed by atoms with Crippen molar-refractivity contribution in [3.8, 4) is 5.75 Å². The second kappa shape index (κ2) is 11.4. The van der Waals surface area contributed by atoms with Crippen LogP contribution in [0.3, 0.4) is 0 Å². The summed E-state index contributed by atoms with van der Waals surface area (Å²) in [4.78, 5) is 34.9. The van der Waals surface area contributed by atoms with Gasteiger partial charge in [-0.2, -0.15) is 0 Å². The molecule has 0 saturated carbocycles. The second-order valence-corrected chi connectivity index (χ2v) is 5.97. The van der Waals surface area contributed by atoms with Gasteiger partial charge in [-0.1, -0.05) is 18.2 Å². The van der Waals surface area contributed by atoms with Crippen molar-refractivity contribution in [3.63, 3.8) is 0 Å². The van der Waals surface area contributed by atoms with E-state index in [-0.39, 0.29) is 6.42 Å². The Morgan fingerprint density at radius 2 is 1.63 bits per heavy atom. The number of hydrogen-bond donors (Lipinski definition) is 2. The SMILES string of the molecule is O=C(COC(=O)CCCOc1ccccc1)NCC(=O)Nc1ccc(F)c(F)c1F. The fourth-order valence-corrected chi connectivity index (χ4v) is 2.19. The van der Waals surface area contributed by atoms with E-state index in [1.807, 2.05) is 23.5 Å². The average molecular weight is 424 g/mol. The maximum atomic E-state index is 13.5. The maximum Gasteiger partial charge on any atom is 0.306 e. The zero-order valence-electron chi connectivity index (χ0n) is 15.8. The van der Waals surface area contributed by atoms with Crippen LogP contribution in [0.1, 0.15) is 12.8 Å². The largest absolute Gasteiger partial charge is 0.494 e. The number of amides is 2. The molecular formula is C20H19F3N2O5. The van der Waals surface area contributed by atoms with Crippen molar-refractivity contribution in [1.29, 1.82) is 0 Å². The van der Waals surface area contributed by atoms with Crippen LogP contribution in [0.25, 0.3) is 0 Å². The number of ether oxygens (including phenoxy) is 2. The molecular weight excluding hydrogens is 405 g/mol. The van der Waals surface area contributed by atoms with Crippen molar-refractivity contribution in [2.75, 3.05) is 25.1 Å². The number of halogens is 3. The van der Waals surface area contributed by atoms with E-state index >= 15 is 0 Å². The number of hydrogen-bond acceptors (Lipinski definition) is 5. The molecule has 0 saturated heterocycles. The highest BCUT2D eigenvalue weighted by Gasteiger charge is 2.16. The number of benzene rings is 2. The number of para-hydroxylation sites is 1. The van der Waals surface area contributed by atoms with Crippen LogP contribution < -0.4 is 15.4 Å². The van der Waals surface area contributed by atoms with Gasteiger partial charge in [-0.25, -0.2) is 13.2 Å². The lowest BCUT2D eigenvalue weighted by molar-refractivity contribution is -0.148. The molecule has 2 aromatic carbocycles. The van der Waals surface area contributed by atoms with Gasteiger partial charge in [-0.15, -0.1) is 0 Å². The minimum Gasteiger partial charge on any atom is -0.494 e. The smallest absolute Gasteiger partial charge is 0.306 e. The fourth-order valence-electron chi connectivity index (χ4n) is 2.19. The summed E-state index contributed by atoms with van der Waals surface area (Å²) in [7, 11) is 0. The van der Waals surface area contributed by atoms with Gasteiger partial charge in [0, 0.05) is 6.42 Å². The number of carbonyl (C=O) groups is 3. The van der Waals surface area contributed by atoms with Gasteiger partial charge in [-0.3, -0.25) is 14.4 Å². The standard InChI is InChI=1S/C20H19F3N2O5/c21-14-8-9-15(20(23)19(14)22)25-16(26)11-24-17(27)12-30-18(28)7-4-10-29-13-5-2-1-3-6-13/h1-3,5-6,8-9H,4,7,10-12H2,(H,24,27)(H,25,26). The van der Waals surface area contributed by atoms with Crippen LogP contribution in [-0.2, 0) is 19.1 Å². The highest BCUT2D eigenvalue weighted by atomic mass is 19.2. The van der Waals surface area contributed by atoms with Gasteiger partial charge in [-0.05, 0) is 30.7 Å². The van der Waals surface area contributed by atoms with Gasteiger partial charge >= 0.3 is 5.97 Å².